The van der Waals surface area contributed by atoms with Crippen LogP contribution in [-0.2, 0) is 4.74 Å². The normalized spacial score (nSPS) is 15.8. The smallest absolute Gasteiger partial charge is 0.223 e. The van der Waals surface area contributed by atoms with Crippen molar-refractivity contribution in [2.75, 3.05) is 20.8 Å². The highest BCUT2D eigenvalue weighted by atomic mass is 16.5. The number of aromatic nitrogens is 4. The molecule has 1 aliphatic carbocycles. The Morgan fingerprint density at radius 1 is 1.21 bits per heavy atom. The van der Waals surface area contributed by atoms with E-state index >= 15 is 0 Å². The van der Waals surface area contributed by atoms with Crippen LogP contribution in [0.25, 0.3) is 16.9 Å². The number of aromatic hydroxyl groups is 1. The standard InChI is InChI=1S/C20H23N5O4/c1-28-12-20(6-7-20)24-18(26)14-3-4-16(22-10-14)25-19(27)15(11-23-25)13-5-8-21-17(9-13)29-2/h3-5,8-11,18,24,26-27H,6-7,12H2,1-2H3. The summed E-state index contributed by atoms with van der Waals surface area (Å²) in [6, 6.07) is 6.92. The van der Waals surface area contributed by atoms with Gasteiger partial charge >= 0.3 is 0 Å². The summed E-state index contributed by atoms with van der Waals surface area (Å²) in [5.41, 5.74) is 1.73. The number of nitrogens with one attached hydrogen (secondary N) is 1. The van der Waals surface area contributed by atoms with Gasteiger partial charge in [-0.1, -0.05) is 0 Å². The third kappa shape index (κ3) is 3.93. The fourth-order valence-electron chi connectivity index (χ4n) is 3.22. The van der Waals surface area contributed by atoms with Crippen LogP contribution in [0.4, 0.5) is 0 Å². The van der Waals surface area contributed by atoms with Crippen molar-refractivity contribution < 1.29 is 19.7 Å². The highest BCUT2D eigenvalue weighted by Gasteiger charge is 2.44. The first-order valence-electron chi connectivity index (χ1n) is 9.24. The average Bonchev–Trinajstić information content (AvgIpc) is 3.38. The summed E-state index contributed by atoms with van der Waals surface area (Å²) >= 11 is 0. The van der Waals surface area contributed by atoms with Crippen molar-refractivity contribution in [1.82, 2.24) is 25.1 Å². The third-order valence-corrected chi connectivity index (χ3v) is 5.02. The molecule has 1 saturated carbocycles. The first-order valence-corrected chi connectivity index (χ1v) is 9.24. The van der Waals surface area contributed by atoms with Crippen molar-refractivity contribution in [2.45, 2.75) is 24.6 Å². The second kappa shape index (κ2) is 7.78. The molecule has 1 atom stereocenters. The summed E-state index contributed by atoms with van der Waals surface area (Å²) in [7, 11) is 3.18. The Balaban J connectivity index is 1.53. The highest BCUT2D eigenvalue weighted by Crippen LogP contribution is 2.37. The minimum absolute atomic E-state index is 0.0470. The summed E-state index contributed by atoms with van der Waals surface area (Å²) < 4.78 is 11.7. The van der Waals surface area contributed by atoms with Crippen LogP contribution in [0.2, 0.25) is 0 Å². The molecule has 9 nitrogen and oxygen atoms in total. The van der Waals surface area contributed by atoms with E-state index in [0.29, 0.717) is 29.4 Å². The second-order valence-electron chi connectivity index (χ2n) is 7.09. The lowest BCUT2D eigenvalue weighted by Crippen LogP contribution is -2.38. The molecule has 0 spiro atoms. The number of ether oxygens (including phenoxy) is 2. The molecule has 29 heavy (non-hydrogen) atoms. The fraction of sp³-hybridized carbons (Fsp3) is 0.350. The Morgan fingerprint density at radius 3 is 2.69 bits per heavy atom. The van der Waals surface area contributed by atoms with Crippen LogP contribution in [0, 0.1) is 0 Å². The van der Waals surface area contributed by atoms with Crippen molar-refractivity contribution in [3.8, 4) is 28.7 Å². The minimum atomic E-state index is -0.847. The number of aliphatic hydroxyl groups excluding tert-OH is 1. The molecule has 0 bridgehead atoms. The molecule has 1 fully saturated rings. The molecular formula is C20H23N5O4. The number of hydrogen-bond acceptors (Lipinski definition) is 8. The van der Waals surface area contributed by atoms with Crippen LogP contribution in [0.15, 0.2) is 42.9 Å². The Hall–Kier alpha value is -3.01. The Kier molecular flexibility index (Phi) is 5.18. The molecule has 152 valence electrons. The summed E-state index contributed by atoms with van der Waals surface area (Å²) in [5.74, 6) is 0.832. The topological polar surface area (TPSA) is 115 Å². The first kappa shape index (κ1) is 19.3. The van der Waals surface area contributed by atoms with Crippen molar-refractivity contribution in [2.24, 2.45) is 0 Å². The van der Waals surface area contributed by atoms with Crippen LogP contribution in [0.5, 0.6) is 11.8 Å². The second-order valence-corrected chi connectivity index (χ2v) is 7.09. The highest BCUT2D eigenvalue weighted by molar-refractivity contribution is 5.69. The molecule has 1 unspecified atom stereocenters. The van der Waals surface area contributed by atoms with E-state index in [-0.39, 0.29) is 11.4 Å². The monoisotopic (exact) mass is 397 g/mol. The molecule has 0 aromatic carbocycles. The van der Waals surface area contributed by atoms with Gasteiger partial charge < -0.3 is 19.7 Å². The summed E-state index contributed by atoms with van der Waals surface area (Å²) in [6.07, 6.45) is 5.80. The van der Waals surface area contributed by atoms with Gasteiger partial charge in [0.2, 0.25) is 11.8 Å². The summed E-state index contributed by atoms with van der Waals surface area (Å²) in [6.45, 7) is 0.555. The van der Waals surface area contributed by atoms with Gasteiger partial charge in [-0.3, -0.25) is 5.32 Å². The molecule has 3 N–H and O–H groups in total. The molecule has 3 aromatic heterocycles. The van der Waals surface area contributed by atoms with E-state index in [1.807, 2.05) is 0 Å². The molecule has 3 aromatic rings. The number of rotatable bonds is 8. The quantitative estimate of drug-likeness (QED) is 0.493. The number of nitrogens with zero attached hydrogens (tertiary/aromatic N) is 4. The molecule has 0 aliphatic heterocycles. The van der Waals surface area contributed by atoms with Gasteiger partial charge in [-0.25, -0.2) is 9.97 Å². The molecule has 0 saturated heterocycles. The molecule has 9 heteroatoms. The van der Waals surface area contributed by atoms with E-state index < -0.39 is 6.23 Å². The molecule has 0 amide bonds. The number of pyridine rings is 2. The molecule has 4 rings (SSSR count). The van der Waals surface area contributed by atoms with Crippen LogP contribution < -0.4 is 10.1 Å². The number of methoxy groups -OCH3 is 2. The summed E-state index contributed by atoms with van der Waals surface area (Å²) in [5, 5.41) is 28.5. The van der Waals surface area contributed by atoms with E-state index in [9.17, 15) is 10.2 Å². The molecule has 1 aliphatic rings. The zero-order valence-electron chi connectivity index (χ0n) is 16.2. The first-order chi connectivity index (χ1) is 14.0. The van der Waals surface area contributed by atoms with E-state index in [4.69, 9.17) is 9.47 Å². The van der Waals surface area contributed by atoms with Crippen molar-refractivity contribution in [3.63, 3.8) is 0 Å². The van der Waals surface area contributed by atoms with Crippen LogP contribution in [0.1, 0.15) is 24.6 Å². The van der Waals surface area contributed by atoms with Crippen LogP contribution >= 0.6 is 0 Å². The predicted octanol–water partition coefficient (Wildman–Crippen LogP) is 1.80. The maximum Gasteiger partial charge on any atom is 0.223 e. The SMILES string of the molecule is COCC1(NC(O)c2ccc(-n3ncc(-c4ccnc(OC)c4)c3O)nc2)CC1. The predicted molar refractivity (Wildman–Crippen MR) is 105 cm³/mol. The zero-order valence-corrected chi connectivity index (χ0v) is 16.2. The maximum atomic E-state index is 10.6. The van der Waals surface area contributed by atoms with Gasteiger partial charge in [0, 0.05) is 36.7 Å². The maximum absolute atomic E-state index is 10.6. The van der Waals surface area contributed by atoms with Crippen LogP contribution in [0.3, 0.4) is 0 Å². The van der Waals surface area contributed by atoms with Gasteiger partial charge in [0.25, 0.3) is 0 Å². The van der Waals surface area contributed by atoms with E-state index in [1.54, 1.807) is 50.0 Å². The van der Waals surface area contributed by atoms with E-state index in [2.05, 4.69) is 20.4 Å². The van der Waals surface area contributed by atoms with Gasteiger partial charge in [-0.2, -0.15) is 9.78 Å². The van der Waals surface area contributed by atoms with E-state index in [0.717, 1.165) is 18.4 Å². The third-order valence-electron chi connectivity index (χ3n) is 5.02. The minimum Gasteiger partial charge on any atom is -0.493 e. The van der Waals surface area contributed by atoms with Gasteiger partial charge in [-0.05, 0) is 36.6 Å². The summed E-state index contributed by atoms with van der Waals surface area (Å²) in [4.78, 5) is 8.40. The molecule has 3 heterocycles. The van der Waals surface area contributed by atoms with Crippen molar-refractivity contribution >= 4 is 0 Å². The molecular weight excluding hydrogens is 374 g/mol. The largest absolute Gasteiger partial charge is 0.493 e. The Labute approximate surface area is 168 Å². The lowest BCUT2D eigenvalue weighted by molar-refractivity contribution is 0.0814. The van der Waals surface area contributed by atoms with Gasteiger partial charge in [0.05, 0.1) is 25.5 Å². The van der Waals surface area contributed by atoms with Gasteiger partial charge in [0.15, 0.2) is 5.82 Å². The van der Waals surface area contributed by atoms with Crippen molar-refractivity contribution in [3.05, 3.63) is 48.4 Å². The lowest BCUT2D eigenvalue weighted by Gasteiger charge is -2.21. The molecule has 0 radical (unpaired) electrons. The number of hydrogen-bond donors (Lipinski definition) is 3. The Morgan fingerprint density at radius 2 is 2.03 bits per heavy atom. The van der Waals surface area contributed by atoms with Gasteiger partial charge in [0.1, 0.15) is 6.23 Å². The number of aliphatic hydroxyl groups is 1. The lowest BCUT2D eigenvalue weighted by atomic mass is 10.1. The Bertz CT molecular complexity index is 985. The zero-order chi connectivity index (χ0) is 20.4. The van der Waals surface area contributed by atoms with Crippen molar-refractivity contribution in [1.29, 1.82) is 0 Å². The van der Waals surface area contributed by atoms with Gasteiger partial charge in [-0.15, -0.1) is 0 Å². The van der Waals surface area contributed by atoms with Crippen LogP contribution in [-0.4, -0.2) is 56.3 Å². The fourth-order valence-corrected chi connectivity index (χ4v) is 3.22. The average molecular weight is 397 g/mol. The van der Waals surface area contributed by atoms with E-state index in [1.165, 1.54) is 11.8 Å².